The topological polar surface area (TPSA) is 73.8 Å². The maximum atomic E-state index is 14.3. The van der Waals surface area contributed by atoms with Crippen molar-refractivity contribution in [1.29, 1.82) is 0 Å². The normalized spacial score (nSPS) is 15.5. The molecule has 0 bridgehead atoms. The highest BCUT2D eigenvalue weighted by molar-refractivity contribution is 7.89. The standard InChI is InChI=1S/C26H32F2N4O3S2/c1-4-30(5-2)14-15-32(26-29-24-22(28)16-20(27)17-23(24)36-26)25(33)19-6-8-21(9-7-19)37(34,35)31-12-10-18(3)11-13-31/h6-9,16-18H,4-5,10-15H2,1-3H3. The number of thiazole rings is 1. The van der Waals surface area contributed by atoms with Gasteiger partial charge in [0.2, 0.25) is 10.0 Å². The van der Waals surface area contributed by atoms with Crippen LogP contribution in [0.4, 0.5) is 13.9 Å². The Kier molecular flexibility index (Phi) is 8.57. The number of amides is 1. The van der Waals surface area contributed by atoms with Gasteiger partial charge in [0.15, 0.2) is 10.9 Å². The molecule has 3 aromatic rings. The van der Waals surface area contributed by atoms with E-state index >= 15 is 0 Å². The molecular formula is C26H32F2N4O3S2. The molecule has 0 unspecified atom stereocenters. The molecule has 1 fully saturated rings. The van der Waals surface area contributed by atoms with E-state index in [1.54, 1.807) is 0 Å². The number of carbonyl (C=O) groups is 1. The van der Waals surface area contributed by atoms with Crippen LogP contribution in [0.15, 0.2) is 41.3 Å². The van der Waals surface area contributed by atoms with Crippen LogP contribution in [0.5, 0.6) is 0 Å². The Bertz CT molecular complexity index is 1350. The summed E-state index contributed by atoms with van der Waals surface area (Å²) in [6.07, 6.45) is 1.65. The van der Waals surface area contributed by atoms with Crippen LogP contribution in [0, 0.1) is 17.6 Å². The highest BCUT2D eigenvalue weighted by Crippen LogP contribution is 2.32. The zero-order chi connectivity index (χ0) is 26.7. The summed E-state index contributed by atoms with van der Waals surface area (Å²) in [5, 5.41) is 0.260. The first-order chi connectivity index (χ1) is 17.6. The summed E-state index contributed by atoms with van der Waals surface area (Å²) in [4.78, 5) is 21.7. The van der Waals surface area contributed by atoms with Crippen LogP contribution in [-0.2, 0) is 10.0 Å². The minimum absolute atomic E-state index is 0.0133. The average Bonchev–Trinajstić information content (AvgIpc) is 3.31. The van der Waals surface area contributed by atoms with Crippen molar-refractivity contribution in [1.82, 2.24) is 14.2 Å². The fourth-order valence-corrected chi connectivity index (χ4v) is 6.92. The molecule has 1 aliphatic rings. The lowest BCUT2D eigenvalue weighted by Crippen LogP contribution is -2.39. The van der Waals surface area contributed by atoms with Crippen LogP contribution in [0.25, 0.3) is 10.2 Å². The molecule has 200 valence electrons. The van der Waals surface area contributed by atoms with Gasteiger partial charge in [-0.25, -0.2) is 22.2 Å². The van der Waals surface area contributed by atoms with Gasteiger partial charge in [0.1, 0.15) is 11.3 Å². The van der Waals surface area contributed by atoms with Crippen molar-refractivity contribution < 1.29 is 22.0 Å². The Morgan fingerprint density at radius 1 is 1.08 bits per heavy atom. The van der Waals surface area contributed by atoms with E-state index < -0.39 is 21.7 Å². The average molecular weight is 551 g/mol. The third kappa shape index (κ3) is 6.00. The van der Waals surface area contributed by atoms with Crippen molar-refractivity contribution in [2.75, 3.05) is 44.2 Å². The van der Waals surface area contributed by atoms with Gasteiger partial charge in [-0.3, -0.25) is 9.69 Å². The van der Waals surface area contributed by atoms with Crippen LogP contribution in [-0.4, -0.2) is 67.8 Å². The summed E-state index contributed by atoms with van der Waals surface area (Å²) in [7, 11) is -3.64. The molecule has 0 spiro atoms. The van der Waals surface area contributed by atoms with Gasteiger partial charge < -0.3 is 4.90 Å². The lowest BCUT2D eigenvalue weighted by Gasteiger charge is -2.29. The van der Waals surface area contributed by atoms with Gasteiger partial charge >= 0.3 is 0 Å². The zero-order valence-electron chi connectivity index (χ0n) is 21.3. The van der Waals surface area contributed by atoms with Crippen LogP contribution in [0.3, 0.4) is 0 Å². The summed E-state index contributed by atoms with van der Waals surface area (Å²) in [6, 6.07) is 7.89. The Morgan fingerprint density at radius 3 is 2.35 bits per heavy atom. The van der Waals surface area contributed by atoms with E-state index in [0.717, 1.165) is 43.3 Å². The summed E-state index contributed by atoms with van der Waals surface area (Å²) >= 11 is 1.04. The molecular weight excluding hydrogens is 518 g/mol. The van der Waals surface area contributed by atoms with Crippen LogP contribution in [0.1, 0.15) is 44.0 Å². The first-order valence-corrected chi connectivity index (χ1v) is 14.8. The molecule has 1 aromatic heterocycles. The number of anilines is 1. The molecule has 1 saturated heterocycles. The zero-order valence-corrected chi connectivity index (χ0v) is 22.9. The molecule has 0 radical (unpaired) electrons. The predicted octanol–water partition coefficient (Wildman–Crippen LogP) is 4.98. The fraction of sp³-hybridized carbons (Fsp3) is 0.462. The summed E-state index contributed by atoms with van der Waals surface area (Å²) in [6.45, 7) is 9.56. The maximum Gasteiger partial charge on any atom is 0.260 e. The molecule has 1 amide bonds. The molecule has 2 aromatic carbocycles. The van der Waals surface area contributed by atoms with Crippen molar-refractivity contribution in [2.45, 2.75) is 38.5 Å². The maximum absolute atomic E-state index is 14.3. The third-order valence-electron chi connectivity index (χ3n) is 6.89. The molecule has 0 N–H and O–H groups in total. The van der Waals surface area contributed by atoms with Gasteiger partial charge in [-0.1, -0.05) is 32.1 Å². The molecule has 7 nitrogen and oxygen atoms in total. The number of carbonyl (C=O) groups excluding carboxylic acids is 1. The quantitative estimate of drug-likeness (QED) is 0.376. The number of piperidine rings is 1. The number of hydrogen-bond acceptors (Lipinski definition) is 6. The first-order valence-electron chi connectivity index (χ1n) is 12.5. The smallest absolute Gasteiger partial charge is 0.260 e. The van der Waals surface area contributed by atoms with Gasteiger partial charge in [0.25, 0.3) is 5.91 Å². The van der Waals surface area contributed by atoms with Crippen LogP contribution < -0.4 is 4.90 Å². The Morgan fingerprint density at radius 2 is 1.73 bits per heavy atom. The van der Waals surface area contributed by atoms with E-state index in [1.807, 2.05) is 13.8 Å². The molecule has 11 heteroatoms. The third-order valence-corrected chi connectivity index (χ3v) is 9.83. The highest BCUT2D eigenvalue weighted by atomic mass is 32.2. The number of sulfonamides is 1. The van der Waals surface area contributed by atoms with Gasteiger partial charge in [0.05, 0.1) is 9.60 Å². The second-order valence-electron chi connectivity index (χ2n) is 9.33. The minimum atomic E-state index is -3.64. The van der Waals surface area contributed by atoms with Crippen molar-refractivity contribution in [3.63, 3.8) is 0 Å². The number of likely N-dealkylation sites (N-methyl/N-ethyl adjacent to an activating group) is 1. The minimum Gasteiger partial charge on any atom is -0.302 e. The van der Waals surface area contributed by atoms with Crippen molar-refractivity contribution in [3.05, 3.63) is 53.6 Å². The number of aromatic nitrogens is 1. The Labute approximate surface area is 220 Å². The summed E-state index contributed by atoms with van der Waals surface area (Å²) < 4.78 is 56.1. The second kappa shape index (κ2) is 11.5. The summed E-state index contributed by atoms with van der Waals surface area (Å²) in [5.41, 5.74) is 0.302. The number of hydrogen-bond donors (Lipinski definition) is 0. The first kappa shape index (κ1) is 27.6. The lowest BCUT2D eigenvalue weighted by atomic mass is 10.0. The van der Waals surface area contributed by atoms with E-state index in [2.05, 4.69) is 16.8 Å². The number of fused-ring (bicyclic) bond motifs is 1. The van der Waals surface area contributed by atoms with E-state index in [-0.39, 0.29) is 33.6 Å². The number of halogens is 2. The van der Waals surface area contributed by atoms with Gasteiger partial charge in [-0.15, -0.1) is 0 Å². The van der Waals surface area contributed by atoms with E-state index in [0.29, 0.717) is 30.3 Å². The lowest BCUT2D eigenvalue weighted by molar-refractivity contribution is 0.0983. The molecule has 37 heavy (non-hydrogen) atoms. The van der Waals surface area contributed by atoms with Crippen molar-refractivity contribution in [3.8, 4) is 0 Å². The SMILES string of the molecule is CCN(CC)CCN(C(=O)c1ccc(S(=O)(=O)N2CCC(C)CC2)cc1)c1nc2c(F)cc(F)cc2s1. The fourth-order valence-electron chi connectivity index (χ4n) is 4.43. The molecule has 1 aliphatic heterocycles. The predicted molar refractivity (Wildman–Crippen MR) is 143 cm³/mol. The van der Waals surface area contributed by atoms with E-state index in [1.165, 1.54) is 39.5 Å². The second-order valence-corrected chi connectivity index (χ2v) is 12.3. The Balaban J connectivity index is 1.62. The highest BCUT2D eigenvalue weighted by Gasteiger charge is 2.29. The van der Waals surface area contributed by atoms with Crippen molar-refractivity contribution in [2.24, 2.45) is 5.92 Å². The molecule has 0 atom stereocenters. The number of rotatable bonds is 9. The van der Waals surface area contributed by atoms with Gasteiger partial charge in [-0.05, 0) is 62.2 Å². The molecule has 4 rings (SSSR count). The van der Waals surface area contributed by atoms with E-state index in [9.17, 15) is 22.0 Å². The molecule has 0 saturated carbocycles. The van der Waals surface area contributed by atoms with Crippen LogP contribution in [0.2, 0.25) is 0 Å². The molecule has 2 heterocycles. The molecule has 0 aliphatic carbocycles. The Hall–Kier alpha value is -2.47. The number of benzene rings is 2. The number of nitrogens with zero attached hydrogens (tertiary/aromatic N) is 4. The van der Waals surface area contributed by atoms with Gasteiger partial charge in [0, 0.05) is 37.8 Å². The largest absolute Gasteiger partial charge is 0.302 e. The van der Waals surface area contributed by atoms with Crippen molar-refractivity contribution >= 4 is 42.6 Å². The monoisotopic (exact) mass is 550 g/mol. The van der Waals surface area contributed by atoms with E-state index in [4.69, 9.17) is 0 Å². The summed E-state index contributed by atoms with van der Waals surface area (Å²) in [5.74, 6) is -1.37. The van der Waals surface area contributed by atoms with Crippen LogP contribution >= 0.6 is 11.3 Å². The van der Waals surface area contributed by atoms with Gasteiger partial charge in [-0.2, -0.15) is 4.31 Å².